The summed E-state index contributed by atoms with van der Waals surface area (Å²) in [5, 5.41) is 0. The number of hydrogen-bond acceptors (Lipinski definition) is 2. The van der Waals surface area contributed by atoms with Gasteiger partial charge < -0.3 is 5.73 Å². The van der Waals surface area contributed by atoms with Gasteiger partial charge >= 0.3 is 0 Å². The summed E-state index contributed by atoms with van der Waals surface area (Å²) in [4.78, 5) is 2.76. The van der Waals surface area contributed by atoms with E-state index in [1.54, 1.807) is 0 Å². The predicted octanol–water partition coefficient (Wildman–Crippen LogP) is 3.41. The van der Waals surface area contributed by atoms with Gasteiger partial charge in [-0.05, 0) is 56.5 Å². The minimum Gasteiger partial charge on any atom is -0.329 e. The molecule has 2 atom stereocenters. The number of rotatable bonds is 2. The van der Waals surface area contributed by atoms with Gasteiger partial charge in [0.15, 0.2) is 0 Å². The maximum Gasteiger partial charge on any atom is 0.0357 e. The average molecular weight is 252 g/mol. The summed E-state index contributed by atoms with van der Waals surface area (Å²) >= 11 is 0. The molecule has 0 aromatic heterocycles. The van der Waals surface area contributed by atoms with Crippen LogP contribution in [0.25, 0.3) is 0 Å². The molecule has 2 nitrogen and oxygen atoms in total. The van der Waals surface area contributed by atoms with Gasteiger partial charge in [0.05, 0.1) is 0 Å². The van der Waals surface area contributed by atoms with E-state index in [0.717, 1.165) is 12.5 Å². The molecule has 18 heavy (non-hydrogen) atoms. The fourth-order valence-electron chi connectivity index (χ4n) is 4.34. The van der Waals surface area contributed by atoms with Gasteiger partial charge in [0.1, 0.15) is 0 Å². The molecule has 1 saturated heterocycles. The summed E-state index contributed by atoms with van der Waals surface area (Å²) in [6.45, 7) is 10.7. The third-order valence-corrected chi connectivity index (χ3v) is 5.60. The molecule has 2 heteroatoms. The van der Waals surface area contributed by atoms with Crippen molar-refractivity contribution in [1.29, 1.82) is 0 Å². The van der Waals surface area contributed by atoms with E-state index in [9.17, 15) is 0 Å². The molecule has 2 unspecified atom stereocenters. The average Bonchev–Trinajstić information content (AvgIpc) is 2.58. The smallest absolute Gasteiger partial charge is 0.0357 e. The molecule has 1 saturated carbocycles. The Morgan fingerprint density at radius 2 is 1.67 bits per heavy atom. The minimum atomic E-state index is 0.305. The van der Waals surface area contributed by atoms with Crippen molar-refractivity contribution in [2.75, 3.05) is 19.6 Å². The van der Waals surface area contributed by atoms with Crippen LogP contribution >= 0.6 is 0 Å². The molecule has 2 aliphatic rings. The fraction of sp³-hybridized carbons (Fsp3) is 1.00. The second-order valence-electron chi connectivity index (χ2n) is 7.48. The highest BCUT2D eigenvalue weighted by atomic mass is 15.2. The van der Waals surface area contributed by atoms with Crippen LogP contribution in [-0.2, 0) is 0 Å². The van der Waals surface area contributed by atoms with Gasteiger partial charge in [-0.25, -0.2) is 0 Å². The van der Waals surface area contributed by atoms with E-state index in [1.807, 2.05) is 0 Å². The SMILES string of the molecule is CC1CC(C)(C)CCC1(CN)N1CCCCCC1. The fourth-order valence-corrected chi connectivity index (χ4v) is 4.34. The van der Waals surface area contributed by atoms with Crippen molar-refractivity contribution in [3.8, 4) is 0 Å². The van der Waals surface area contributed by atoms with E-state index < -0.39 is 0 Å². The second kappa shape index (κ2) is 5.50. The summed E-state index contributed by atoms with van der Waals surface area (Å²) in [7, 11) is 0. The lowest BCUT2D eigenvalue weighted by Crippen LogP contribution is -2.61. The van der Waals surface area contributed by atoms with Crippen LogP contribution in [0.5, 0.6) is 0 Å². The molecule has 0 bridgehead atoms. The van der Waals surface area contributed by atoms with Crippen molar-refractivity contribution in [2.24, 2.45) is 17.1 Å². The Labute approximate surface area is 113 Å². The summed E-state index contributed by atoms with van der Waals surface area (Å²) in [5.74, 6) is 0.740. The van der Waals surface area contributed by atoms with Gasteiger partial charge in [-0.2, -0.15) is 0 Å². The molecule has 1 heterocycles. The topological polar surface area (TPSA) is 29.3 Å². The van der Waals surface area contributed by atoms with E-state index in [0.29, 0.717) is 11.0 Å². The molecular weight excluding hydrogens is 220 g/mol. The van der Waals surface area contributed by atoms with Crippen LogP contribution in [0.3, 0.4) is 0 Å². The van der Waals surface area contributed by atoms with E-state index in [2.05, 4.69) is 25.7 Å². The lowest BCUT2D eigenvalue weighted by atomic mass is 9.63. The van der Waals surface area contributed by atoms with Gasteiger partial charge in [0.2, 0.25) is 0 Å². The van der Waals surface area contributed by atoms with Crippen molar-refractivity contribution in [3.05, 3.63) is 0 Å². The van der Waals surface area contributed by atoms with E-state index >= 15 is 0 Å². The van der Waals surface area contributed by atoms with Crippen LogP contribution in [-0.4, -0.2) is 30.1 Å². The molecule has 2 rings (SSSR count). The van der Waals surface area contributed by atoms with Crippen LogP contribution in [0.1, 0.15) is 65.7 Å². The zero-order valence-corrected chi connectivity index (χ0v) is 12.7. The maximum atomic E-state index is 6.26. The first-order chi connectivity index (χ1) is 8.50. The quantitative estimate of drug-likeness (QED) is 0.816. The number of nitrogens with two attached hydrogens (primary N) is 1. The van der Waals surface area contributed by atoms with Crippen molar-refractivity contribution in [2.45, 2.75) is 71.3 Å². The van der Waals surface area contributed by atoms with Crippen LogP contribution in [0.2, 0.25) is 0 Å². The first-order valence-corrected chi connectivity index (χ1v) is 7.95. The molecule has 1 aliphatic carbocycles. The molecule has 2 N–H and O–H groups in total. The second-order valence-corrected chi connectivity index (χ2v) is 7.48. The van der Waals surface area contributed by atoms with Gasteiger partial charge in [0, 0.05) is 12.1 Å². The lowest BCUT2D eigenvalue weighted by Gasteiger charge is -2.53. The van der Waals surface area contributed by atoms with E-state index in [1.165, 1.54) is 58.0 Å². The summed E-state index contributed by atoms with van der Waals surface area (Å²) in [6, 6.07) is 0. The standard InChI is InChI=1S/C16H32N2/c1-14-12-15(2,3)8-9-16(14,13-17)18-10-6-4-5-7-11-18/h14H,4-13,17H2,1-3H3. The van der Waals surface area contributed by atoms with Crippen molar-refractivity contribution in [3.63, 3.8) is 0 Å². The first-order valence-electron chi connectivity index (χ1n) is 7.95. The molecule has 0 spiro atoms. The monoisotopic (exact) mass is 252 g/mol. The van der Waals surface area contributed by atoms with Gasteiger partial charge in [-0.15, -0.1) is 0 Å². The Morgan fingerprint density at radius 3 is 2.17 bits per heavy atom. The highest BCUT2D eigenvalue weighted by molar-refractivity contribution is 5.02. The Morgan fingerprint density at radius 1 is 1.06 bits per heavy atom. The van der Waals surface area contributed by atoms with Crippen LogP contribution in [0.15, 0.2) is 0 Å². The molecule has 2 fully saturated rings. The third kappa shape index (κ3) is 2.75. The van der Waals surface area contributed by atoms with Crippen LogP contribution in [0, 0.1) is 11.3 Å². The van der Waals surface area contributed by atoms with Gasteiger partial charge in [-0.3, -0.25) is 4.90 Å². The van der Waals surface area contributed by atoms with Gasteiger partial charge in [0.25, 0.3) is 0 Å². The van der Waals surface area contributed by atoms with Crippen LogP contribution in [0.4, 0.5) is 0 Å². The minimum absolute atomic E-state index is 0.305. The largest absolute Gasteiger partial charge is 0.329 e. The zero-order valence-electron chi connectivity index (χ0n) is 12.7. The Kier molecular flexibility index (Phi) is 4.38. The molecular formula is C16H32N2. The summed E-state index contributed by atoms with van der Waals surface area (Å²) in [6.07, 6.45) is 9.55. The normalized spacial score (nSPS) is 38.3. The highest BCUT2D eigenvalue weighted by Gasteiger charge is 2.46. The number of likely N-dealkylation sites (tertiary alicyclic amines) is 1. The Hall–Kier alpha value is -0.0800. The molecule has 0 radical (unpaired) electrons. The maximum absolute atomic E-state index is 6.26. The molecule has 0 aromatic rings. The molecule has 0 amide bonds. The van der Waals surface area contributed by atoms with Crippen LogP contribution < -0.4 is 5.73 Å². The van der Waals surface area contributed by atoms with E-state index in [4.69, 9.17) is 5.73 Å². The van der Waals surface area contributed by atoms with E-state index in [-0.39, 0.29) is 0 Å². The van der Waals surface area contributed by atoms with Gasteiger partial charge in [-0.1, -0.05) is 33.6 Å². The third-order valence-electron chi connectivity index (χ3n) is 5.60. The predicted molar refractivity (Wildman–Crippen MR) is 78.6 cm³/mol. The molecule has 106 valence electrons. The summed E-state index contributed by atoms with van der Waals surface area (Å²) in [5.41, 5.74) is 7.08. The number of nitrogens with zero attached hydrogens (tertiary/aromatic N) is 1. The Bertz CT molecular complexity index is 266. The molecule has 0 aromatic carbocycles. The highest BCUT2D eigenvalue weighted by Crippen LogP contribution is 2.46. The van der Waals surface area contributed by atoms with Crippen molar-refractivity contribution in [1.82, 2.24) is 4.90 Å². The van der Waals surface area contributed by atoms with Crippen molar-refractivity contribution >= 4 is 0 Å². The molecule has 1 aliphatic heterocycles. The first kappa shape index (κ1) is 14.3. The van der Waals surface area contributed by atoms with Crippen molar-refractivity contribution < 1.29 is 0 Å². The summed E-state index contributed by atoms with van der Waals surface area (Å²) < 4.78 is 0. The zero-order chi connectivity index (χ0) is 13.2. The Balaban J connectivity index is 2.14. The number of hydrogen-bond donors (Lipinski definition) is 1. The lowest BCUT2D eigenvalue weighted by molar-refractivity contribution is -0.0205.